The zero-order valence-electron chi connectivity index (χ0n) is 10.9. The fourth-order valence-corrected chi connectivity index (χ4v) is 1.86. The minimum absolute atomic E-state index is 0.00140. The number of amides is 3. The molecule has 0 radical (unpaired) electrons. The molecule has 0 spiro atoms. The van der Waals surface area contributed by atoms with Crippen molar-refractivity contribution in [3.63, 3.8) is 0 Å². The summed E-state index contributed by atoms with van der Waals surface area (Å²) in [6.45, 7) is 0. The molecule has 21 heavy (non-hydrogen) atoms. The zero-order valence-corrected chi connectivity index (χ0v) is 12.4. The highest BCUT2D eigenvalue weighted by Crippen LogP contribution is 2.22. The molecule has 112 valence electrons. The van der Waals surface area contributed by atoms with Gasteiger partial charge in [-0.3, -0.25) is 25.2 Å². The van der Waals surface area contributed by atoms with Crippen molar-refractivity contribution in [2.75, 3.05) is 0 Å². The molecule has 1 aromatic rings. The van der Waals surface area contributed by atoms with Crippen LogP contribution in [0, 0.1) is 0 Å². The van der Waals surface area contributed by atoms with E-state index in [-0.39, 0.29) is 12.5 Å². The third-order valence-corrected chi connectivity index (χ3v) is 3.52. The average Bonchev–Trinajstić information content (AvgIpc) is 3.24. The number of carbonyl (C=O) groups excluding carboxylic acids is 3. The van der Waals surface area contributed by atoms with E-state index in [2.05, 4.69) is 16.2 Å². The van der Waals surface area contributed by atoms with E-state index in [0.29, 0.717) is 15.6 Å². The lowest BCUT2D eigenvalue weighted by Gasteiger charge is -2.08. The summed E-state index contributed by atoms with van der Waals surface area (Å²) in [5.74, 6) is -2.13. The number of hydrogen-bond donors (Lipinski definition) is 3. The van der Waals surface area contributed by atoms with Crippen molar-refractivity contribution in [3.8, 4) is 0 Å². The summed E-state index contributed by atoms with van der Waals surface area (Å²) >= 11 is 11.6. The highest BCUT2D eigenvalue weighted by atomic mass is 35.5. The third-order valence-electron chi connectivity index (χ3n) is 2.78. The molecule has 1 aliphatic rings. The molecule has 0 heterocycles. The molecule has 3 amide bonds. The lowest BCUT2D eigenvalue weighted by atomic mass is 10.1. The number of hydrogen-bond acceptors (Lipinski definition) is 3. The first-order valence-electron chi connectivity index (χ1n) is 6.29. The van der Waals surface area contributed by atoms with Crippen molar-refractivity contribution in [1.29, 1.82) is 0 Å². The number of carbonyl (C=O) groups is 3. The van der Waals surface area contributed by atoms with Gasteiger partial charge >= 0.3 is 11.8 Å². The second kappa shape index (κ2) is 6.78. The first-order chi connectivity index (χ1) is 9.95. The Kier molecular flexibility index (Phi) is 5.03. The van der Waals surface area contributed by atoms with Crippen LogP contribution in [0.3, 0.4) is 0 Å². The van der Waals surface area contributed by atoms with Gasteiger partial charge in [-0.25, -0.2) is 0 Å². The SMILES string of the molecule is O=C(Cc1ccc(Cl)c(Cl)c1)NNC(=O)C(=O)NC1CC1. The van der Waals surface area contributed by atoms with Gasteiger partial charge in [0.25, 0.3) is 0 Å². The van der Waals surface area contributed by atoms with Crippen LogP contribution in [-0.2, 0) is 20.8 Å². The van der Waals surface area contributed by atoms with Crippen molar-refractivity contribution >= 4 is 40.9 Å². The van der Waals surface area contributed by atoms with Crippen LogP contribution in [0.1, 0.15) is 18.4 Å². The highest BCUT2D eigenvalue weighted by Gasteiger charge is 2.26. The zero-order chi connectivity index (χ0) is 15.4. The maximum Gasteiger partial charge on any atom is 0.327 e. The molecule has 0 bridgehead atoms. The van der Waals surface area contributed by atoms with Gasteiger partial charge in [0.15, 0.2) is 0 Å². The van der Waals surface area contributed by atoms with Gasteiger partial charge in [0.1, 0.15) is 0 Å². The summed E-state index contributed by atoms with van der Waals surface area (Å²) in [5.41, 5.74) is 4.85. The van der Waals surface area contributed by atoms with Crippen LogP contribution >= 0.6 is 23.2 Å². The van der Waals surface area contributed by atoms with E-state index in [4.69, 9.17) is 23.2 Å². The number of nitrogens with one attached hydrogen (secondary N) is 3. The molecular formula is C13H13Cl2N3O3. The molecule has 0 atom stereocenters. The number of hydrazine groups is 1. The summed E-state index contributed by atoms with van der Waals surface area (Å²) in [6, 6.07) is 4.87. The molecule has 2 rings (SSSR count). The van der Waals surface area contributed by atoms with Gasteiger partial charge in [-0.05, 0) is 30.5 Å². The van der Waals surface area contributed by atoms with E-state index < -0.39 is 17.7 Å². The monoisotopic (exact) mass is 329 g/mol. The Labute approximate surface area is 131 Å². The number of halogens is 2. The van der Waals surface area contributed by atoms with Crippen LogP contribution in [0.15, 0.2) is 18.2 Å². The molecule has 0 aromatic heterocycles. The Morgan fingerprint density at radius 2 is 1.76 bits per heavy atom. The molecule has 0 unspecified atom stereocenters. The topological polar surface area (TPSA) is 87.3 Å². The molecule has 3 N–H and O–H groups in total. The van der Waals surface area contributed by atoms with Gasteiger partial charge in [-0.15, -0.1) is 0 Å². The summed E-state index contributed by atoms with van der Waals surface area (Å²) in [6.07, 6.45) is 1.76. The number of rotatable bonds is 3. The Bertz CT molecular complexity index is 588. The summed E-state index contributed by atoms with van der Waals surface area (Å²) in [7, 11) is 0. The highest BCUT2D eigenvalue weighted by molar-refractivity contribution is 6.42. The van der Waals surface area contributed by atoms with Crippen LogP contribution in [0.4, 0.5) is 0 Å². The Balaban J connectivity index is 1.77. The van der Waals surface area contributed by atoms with Gasteiger partial charge in [0.2, 0.25) is 5.91 Å². The van der Waals surface area contributed by atoms with Crippen LogP contribution in [0.5, 0.6) is 0 Å². The standard InChI is InChI=1S/C13H13Cl2N3O3/c14-9-4-1-7(5-10(9)15)6-11(19)17-18-13(21)12(20)16-8-2-3-8/h1,4-5,8H,2-3,6H2,(H,16,20)(H,17,19)(H,18,21). The Morgan fingerprint density at radius 1 is 1.05 bits per heavy atom. The molecule has 0 saturated heterocycles. The van der Waals surface area contributed by atoms with Gasteiger partial charge in [0, 0.05) is 6.04 Å². The lowest BCUT2D eigenvalue weighted by Crippen LogP contribution is -2.49. The quantitative estimate of drug-likeness (QED) is 0.570. The van der Waals surface area contributed by atoms with Gasteiger partial charge in [-0.2, -0.15) is 0 Å². The van der Waals surface area contributed by atoms with E-state index >= 15 is 0 Å². The maximum absolute atomic E-state index is 11.6. The van der Waals surface area contributed by atoms with Crippen molar-refractivity contribution < 1.29 is 14.4 Å². The van der Waals surface area contributed by atoms with Crippen molar-refractivity contribution in [1.82, 2.24) is 16.2 Å². The van der Waals surface area contributed by atoms with Crippen LogP contribution in [-0.4, -0.2) is 23.8 Å². The second-order valence-electron chi connectivity index (χ2n) is 4.68. The van der Waals surface area contributed by atoms with Gasteiger partial charge in [0.05, 0.1) is 16.5 Å². The lowest BCUT2D eigenvalue weighted by molar-refractivity contribution is -0.140. The Hall–Kier alpha value is -1.79. The molecular weight excluding hydrogens is 317 g/mol. The van der Waals surface area contributed by atoms with E-state index in [1.165, 1.54) is 0 Å². The largest absolute Gasteiger partial charge is 0.345 e. The molecule has 6 nitrogen and oxygen atoms in total. The first kappa shape index (κ1) is 15.6. The molecule has 0 aliphatic heterocycles. The Morgan fingerprint density at radius 3 is 2.38 bits per heavy atom. The van der Waals surface area contributed by atoms with Crippen LogP contribution < -0.4 is 16.2 Å². The fourth-order valence-electron chi connectivity index (χ4n) is 1.54. The molecule has 1 fully saturated rings. The summed E-state index contributed by atoms with van der Waals surface area (Å²) in [5, 5.41) is 3.24. The second-order valence-corrected chi connectivity index (χ2v) is 5.49. The van der Waals surface area contributed by atoms with Crippen molar-refractivity contribution in [2.24, 2.45) is 0 Å². The molecule has 1 saturated carbocycles. The first-order valence-corrected chi connectivity index (χ1v) is 7.05. The minimum Gasteiger partial charge on any atom is -0.345 e. The van der Waals surface area contributed by atoms with Gasteiger partial charge < -0.3 is 5.32 Å². The maximum atomic E-state index is 11.6. The normalized spacial score (nSPS) is 13.4. The fraction of sp³-hybridized carbons (Fsp3) is 0.308. The van der Waals surface area contributed by atoms with E-state index in [1.807, 2.05) is 0 Å². The van der Waals surface area contributed by atoms with E-state index in [9.17, 15) is 14.4 Å². The van der Waals surface area contributed by atoms with Crippen LogP contribution in [0.25, 0.3) is 0 Å². The molecule has 1 aliphatic carbocycles. The smallest absolute Gasteiger partial charge is 0.327 e. The predicted molar refractivity (Wildman–Crippen MR) is 77.6 cm³/mol. The van der Waals surface area contributed by atoms with Gasteiger partial charge in [-0.1, -0.05) is 29.3 Å². The predicted octanol–water partition coefficient (Wildman–Crippen LogP) is 0.962. The molecule has 1 aromatic carbocycles. The van der Waals surface area contributed by atoms with Crippen molar-refractivity contribution in [2.45, 2.75) is 25.3 Å². The van der Waals surface area contributed by atoms with Crippen molar-refractivity contribution in [3.05, 3.63) is 33.8 Å². The molecule has 8 heteroatoms. The van der Waals surface area contributed by atoms with E-state index in [1.54, 1.807) is 18.2 Å². The third kappa shape index (κ3) is 4.91. The summed E-state index contributed by atoms with van der Waals surface area (Å²) in [4.78, 5) is 34.4. The summed E-state index contributed by atoms with van der Waals surface area (Å²) < 4.78 is 0. The average molecular weight is 330 g/mol. The minimum atomic E-state index is -0.899. The number of benzene rings is 1. The van der Waals surface area contributed by atoms with Crippen LogP contribution in [0.2, 0.25) is 10.0 Å². The van der Waals surface area contributed by atoms with E-state index in [0.717, 1.165) is 12.8 Å².